The van der Waals surface area contributed by atoms with Gasteiger partial charge in [0.05, 0.1) is 12.8 Å². The molecule has 2 aromatic carbocycles. The van der Waals surface area contributed by atoms with Gasteiger partial charge in [-0.1, -0.05) is 12.1 Å². The predicted molar refractivity (Wildman–Crippen MR) is 97.6 cm³/mol. The first-order valence-corrected chi connectivity index (χ1v) is 7.81. The van der Waals surface area contributed by atoms with Gasteiger partial charge in [-0.15, -0.1) is 0 Å². The second-order valence-corrected chi connectivity index (χ2v) is 5.64. The van der Waals surface area contributed by atoms with Crippen molar-refractivity contribution in [3.8, 4) is 5.75 Å². The molecule has 2 N–H and O–H groups in total. The lowest BCUT2D eigenvalue weighted by Crippen LogP contribution is -2.35. The zero-order chi connectivity index (χ0) is 17.5. The van der Waals surface area contributed by atoms with E-state index in [0.717, 1.165) is 28.3 Å². The Bertz CT molecular complexity index is 724. The van der Waals surface area contributed by atoms with Gasteiger partial charge in [-0.25, -0.2) is 5.43 Å². The Kier molecular flexibility index (Phi) is 5.95. The lowest BCUT2D eigenvalue weighted by molar-refractivity contribution is -0.121. The first kappa shape index (κ1) is 17.5. The largest absolute Gasteiger partial charge is 0.497 e. The fourth-order valence-corrected chi connectivity index (χ4v) is 2.18. The van der Waals surface area contributed by atoms with Crippen molar-refractivity contribution in [1.82, 2.24) is 5.43 Å². The molecule has 0 saturated carbocycles. The van der Waals surface area contributed by atoms with Crippen LogP contribution in [0.25, 0.3) is 0 Å². The number of methoxy groups -OCH3 is 1. The highest BCUT2D eigenvalue weighted by molar-refractivity contribution is 5.99. The minimum atomic E-state index is -0.390. The highest BCUT2D eigenvalue weighted by atomic mass is 16.5. The van der Waals surface area contributed by atoms with Crippen molar-refractivity contribution in [1.29, 1.82) is 0 Å². The quantitative estimate of drug-likeness (QED) is 0.632. The molecule has 0 aliphatic carbocycles. The van der Waals surface area contributed by atoms with Crippen molar-refractivity contribution >= 4 is 17.3 Å². The number of hydrogen-bond donors (Lipinski definition) is 2. The summed E-state index contributed by atoms with van der Waals surface area (Å²) in [5.41, 5.74) is 6.31. The zero-order valence-electron chi connectivity index (χ0n) is 14.5. The van der Waals surface area contributed by atoms with Gasteiger partial charge in [-0.3, -0.25) is 4.79 Å². The van der Waals surface area contributed by atoms with E-state index in [-0.39, 0.29) is 11.9 Å². The molecule has 24 heavy (non-hydrogen) atoms. The average molecular weight is 325 g/mol. The first-order valence-electron chi connectivity index (χ1n) is 7.81. The van der Waals surface area contributed by atoms with Gasteiger partial charge in [0, 0.05) is 5.69 Å². The van der Waals surface area contributed by atoms with Gasteiger partial charge in [0.1, 0.15) is 11.8 Å². The van der Waals surface area contributed by atoms with Crippen LogP contribution in [0.2, 0.25) is 0 Å². The highest BCUT2D eigenvalue weighted by Crippen LogP contribution is 2.12. The number of benzene rings is 2. The number of nitrogens with zero attached hydrogens (tertiary/aromatic N) is 1. The summed E-state index contributed by atoms with van der Waals surface area (Å²) in [7, 11) is 1.62. The number of anilines is 1. The molecule has 0 radical (unpaired) electrons. The Morgan fingerprint density at radius 1 is 1.17 bits per heavy atom. The molecule has 5 heteroatoms. The van der Waals surface area contributed by atoms with Crippen molar-refractivity contribution in [2.24, 2.45) is 5.10 Å². The van der Waals surface area contributed by atoms with E-state index in [9.17, 15) is 4.79 Å². The van der Waals surface area contributed by atoms with E-state index in [0.29, 0.717) is 0 Å². The maximum absolute atomic E-state index is 12.2. The lowest BCUT2D eigenvalue weighted by Gasteiger charge is -2.14. The van der Waals surface area contributed by atoms with Gasteiger partial charge in [-0.2, -0.15) is 5.10 Å². The molecule has 0 aliphatic rings. The minimum absolute atomic E-state index is 0.190. The minimum Gasteiger partial charge on any atom is -0.497 e. The summed E-state index contributed by atoms with van der Waals surface area (Å²) in [5.74, 6) is 0.593. The van der Waals surface area contributed by atoms with Gasteiger partial charge >= 0.3 is 0 Å². The molecule has 0 heterocycles. The van der Waals surface area contributed by atoms with Crippen molar-refractivity contribution in [3.05, 3.63) is 59.7 Å². The topological polar surface area (TPSA) is 62.7 Å². The van der Waals surface area contributed by atoms with E-state index in [2.05, 4.69) is 15.8 Å². The number of ether oxygens (including phenoxy) is 1. The third-order valence-corrected chi connectivity index (χ3v) is 3.64. The molecule has 2 rings (SSSR count). The maximum Gasteiger partial charge on any atom is 0.262 e. The number of hydrazone groups is 1. The lowest BCUT2D eigenvalue weighted by atomic mass is 10.1. The SMILES string of the molecule is COc1ccc(C(C)=NNC(=O)C(C)Nc2cccc(C)c2)cc1. The number of hydrogen-bond acceptors (Lipinski definition) is 4. The summed E-state index contributed by atoms with van der Waals surface area (Å²) in [6.45, 7) is 5.66. The molecule has 2 aromatic rings. The van der Waals surface area contributed by atoms with Gasteiger partial charge in [0.2, 0.25) is 0 Å². The summed E-state index contributed by atoms with van der Waals surface area (Å²) in [6, 6.07) is 15.0. The molecule has 1 atom stereocenters. The smallest absolute Gasteiger partial charge is 0.262 e. The molecule has 0 aliphatic heterocycles. The molecule has 5 nitrogen and oxygen atoms in total. The summed E-state index contributed by atoms with van der Waals surface area (Å²) in [6.07, 6.45) is 0. The molecule has 0 saturated heterocycles. The first-order chi connectivity index (χ1) is 11.5. The Morgan fingerprint density at radius 3 is 2.50 bits per heavy atom. The Balaban J connectivity index is 1.95. The average Bonchev–Trinajstić information content (AvgIpc) is 2.59. The number of rotatable bonds is 6. The standard InChI is InChI=1S/C19H23N3O2/c1-13-6-5-7-17(12-13)20-15(3)19(23)22-21-14(2)16-8-10-18(24-4)11-9-16/h5-12,15,20H,1-4H3,(H,22,23). The van der Waals surface area contributed by atoms with E-state index in [4.69, 9.17) is 4.74 Å². The number of aryl methyl sites for hydroxylation is 1. The van der Waals surface area contributed by atoms with E-state index >= 15 is 0 Å². The predicted octanol–water partition coefficient (Wildman–Crippen LogP) is 3.34. The van der Waals surface area contributed by atoms with Crippen LogP contribution in [-0.4, -0.2) is 24.8 Å². The van der Waals surface area contributed by atoms with Crippen LogP contribution in [-0.2, 0) is 4.79 Å². The normalized spacial score (nSPS) is 12.4. The molecule has 1 unspecified atom stereocenters. The Hall–Kier alpha value is -2.82. The fraction of sp³-hybridized carbons (Fsp3) is 0.263. The second kappa shape index (κ2) is 8.15. The van der Waals surface area contributed by atoms with Crippen LogP contribution in [0.1, 0.15) is 25.0 Å². The van der Waals surface area contributed by atoms with E-state index in [1.54, 1.807) is 14.0 Å². The Labute approximate surface area is 142 Å². The summed E-state index contributed by atoms with van der Waals surface area (Å²) < 4.78 is 5.13. The molecule has 0 aromatic heterocycles. The monoisotopic (exact) mass is 325 g/mol. The van der Waals surface area contributed by atoms with Crippen LogP contribution >= 0.6 is 0 Å². The summed E-state index contributed by atoms with van der Waals surface area (Å²) >= 11 is 0. The fourth-order valence-electron chi connectivity index (χ4n) is 2.18. The van der Waals surface area contributed by atoms with Crippen LogP contribution < -0.4 is 15.5 Å². The molecule has 1 amide bonds. The van der Waals surface area contributed by atoms with Gasteiger partial charge in [-0.05, 0) is 68.3 Å². The van der Waals surface area contributed by atoms with Crippen LogP contribution in [0.3, 0.4) is 0 Å². The molecular formula is C19H23N3O2. The van der Waals surface area contributed by atoms with Gasteiger partial charge < -0.3 is 10.1 Å². The van der Waals surface area contributed by atoms with Crippen molar-refractivity contribution in [2.75, 3.05) is 12.4 Å². The molecule has 0 fully saturated rings. The van der Waals surface area contributed by atoms with Crippen LogP contribution in [0.5, 0.6) is 5.75 Å². The van der Waals surface area contributed by atoms with Crippen molar-refractivity contribution in [3.63, 3.8) is 0 Å². The maximum atomic E-state index is 12.2. The Morgan fingerprint density at radius 2 is 1.88 bits per heavy atom. The second-order valence-electron chi connectivity index (χ2n) is 5.64. The van der Waals surface area contributed by atoms with Crippen LogP contribution in [0.4, 0.5) is 5.69 Å². The molecule has 0 bridgehead atoms. The van der Waals surface area contributed by atoms with Gasteiger partial charge in [0.25, 0.3) is 5.91 Å². The number of nitrogens with one attached hydrogen (secondary N) is 2. The molecule has 126 valence electrons. The van der Waals surface area contributed by atoms with Crippen LogP contribution in [0, 0.1) is 6.92 Å². The van der Waals surface area contributed by atoms with Crippen molar-refractivity contribution < 1.29 is 9.53 Å². The summed E-state index contributed by atoms with van der Waals surface area (Å²) in [5, 5.41) is 7.33. The van der Waals surface area contributed by atoms with Gasteiger partial charge in [0.15, 0.2) is 0 Å². The molecule has 0 spiro atoms. The van der Waals surface area contributed by atoms with E-state index < -0.39 is 0 Å². The zero-order valence-corrected chi connectivity index (χ0v) is 14.5. The van der Waals surface area contributed by atoms with Crippen LogP contribution in [0.15, 0.2) is 53.6 Å². The van der Waals surface area contributed by atoms with Crippen molar-refractivity contribution in [2.45, 2.75) is 26.8 Å². The third-order valence-electron chi connectivity index (χ3n) is 3.64. The third kappa shape index (κ3) is 4.84. The summed E-state index contributed by atoms with van der Waals surface area (Å²) in [4.78, 5) is 12.2. The van der Waals surface area contributed by atoms with E-state index in [1.807, 2.05) is 62.4 Å². The number of carbonyl (C=O) groups is 1. The number of amides is 1. The number of carbonyl (C=O) groups excluding carboxylic acids is 1. The van der Waals surface area contributed by atoms with E-state index in [1.165, 1.54) is 0 Å². The highest BCUT2D eigenvalue weighted by Gasteiger charge is 2.12. The molecular weight excluding hydrogens is 302 g/mol.